The van der Waals surface area contributed by atoms with E-state index in [1.54, 1.807) is 24.5 Å². The smallest absolute Gasteiger partial charge is 0.244 e. The van der Waals surface area contributed by atoms with Crippen molar-refractivity contribution in [3.63, 3.8) is 0 Å². The third-order valence-electron chi connectivity index (χ3n) is 6.34. The summed E-state index contributed by atoms with van der Waals surface area (Å²) in [6.45, 7) is 8.17. The van der Waals surface area contributed by atoms with Gasteiger partial charge in [-0.3, -0.25) is 9.59 Å². The van der Waals surface area contributed by atoms with E-state index in [1.165, 1.54) is 12.1 Å². The fraction of sp³-hybridized carbons (Fsp3) is 0.357. The van der Waals surface area contributed by atoms with Crippen LogP contribution in [-0.2, 0) is 9.59 Å². The number of carbonyl (C=O) groups excluding carboxylic acids is 2. The summed E-state index contributed by atoms with van der Waals surface area (Å²) in [4.78, 5) is 26.2. The van der Waals surface area contributed by atoms with Gasteiger partial charge in [0.1, 0.15) is 17.1 Å². The minimum absolute atomic E-state index is 0.193. The van der Waals surface area contributed by atoms with Crippen LogP contribution in [0.15, 0.2) is 47.1 Å². The maximum absolute atomic E-state index is 13.4. The molecule has 35 heavy (non-hydrogen) atoms. The molecule has 1 saturated heterocycles. The summed E-state index contributed by atoms with van der Waals surface area (Å²) in [5.74, 6) is 0.380. The molecule has 4 rings (SSSR count). The van der Waals surface area contributed by atoms with Crippen LogP contribution in [0.5, 0.6) is 5.75 Å². The molecule has 0 bridgehead atoms. The van der Waals surface area contributed by atoms with Gasteiger partial charge in [0.25, 0.3) is 0 Å². The Bertz CT molecular complexity index is 1260. The molecule has 1 fully saturated rings. The number of carbonyl (C=O) groups is 2. The number of nitrogens with zero attached hydrogens (tertiary/aromatic N) is 1. The van der Waals surface area contributed by atoms with Gasteiger partial charge in [-0.15, -0.1) is 0 Å². The van der Waals surface area contributed by atoms with Crippen LogP contribution >= 0.6 is 0 Å². The first-order valence-electron chi connectivity index (χ1n) is 12.1. The molecule has 0 saturated carbocycles. The van der Waals surface area contributed by atoms with Crippen molar-refractivity contribution < 1.29 is 23.1 Å². The maximum atomic E-state index is 13.4. The van der Waals surface area contributed by atoms with Crippen molar-refractivity contribution in [2.45, 2.75) is 40.0 Å². The normalized spacial score (nSPS) is 14.1. The predicted octanol–water partition coefficient (Wildman–Crippen LogP) is 5.48. The van der Waals surface area contributed by atoms with Crippen LogP contribution in [0.2, 0.25) is 0 Å². The second-order valence-electron chi connectivity index (χ2n) is 8.80. The van der Waals surface area contributed by atoms with Gasteiger partial charge in [0.2, 0.25) is 11.8 Å². The van der Waals surface area contributed by atoms with Gasteiger partial charge in [0.15, 0.2) is 0 Å². The average Bonchev–Trinajstić information content (AvgIpc) is 3.45. The van der Waals surface area contributed by atoms with Crippen molar-refractivity contribution in [1.29, 1.82) is 0 Å². The zero-order valence-corrected chi connectivity index (χ0v) is 20.4. The molecule has 2 aromatic carbocycles. The number of fused-ring (bicyclic) bond motifs is 1. The van der Waals surface area contributed by atoms with Crippen LogP contribution in [0.3, 0.4) is 0 Å². The molecule has 1 aromatic heterocycles. The molecule has 2 amide bonds. The Morgan fingerprint density at radius 3 is 2.74 bits per heavy atom. The third kappa shape index (κ3) is 5.39. The second kappa shape index (κ2) is 10.8. The number of nitrogens with one attached hydrogen (secondary N) is 1. The SMILES string of the molecule is CCOc1c(/C(C)=C/C(=O)NCCCN2CCCC2=O)cc2c(-c3ccc(F)cc3)coc2c1C. The Labute approximate surface area is 204 Å². The number of halogens is 1. The summed E-state index contributed by atoms with van der Waals surface area (Å²) in [5, 5.41) is 3.79. The number of benzene rings is 2. The van der Waals surface area contributed by atoms with E-state index in [4.69, 9.17) is 9.15 Å². The van der Waals surface area contributed by atoms with E-state index in [0.29, 0.717) is 37.4 Å². The molecular weight excluding hydrogens is 447 g/mol. The number of ether oxygens (including phenoxy) is 1. The summed E-state index contributed by atoms with van der Waals surface area (Å²) in [5.41, 5.74) is 4.80. The number of aryl methyl sites for hydroxylation is 1. The number of rotatable bonds is 9. The Balaban J connectivity index is 1.57. The van der Waals surface area contributed by atoms with Gasteiger partial charge >= 0.3 is 0 Å². The monoisotopic (exact) mass is 478 g/mol. The fourth-order valence-corrected chi connectivity index (χ4v) is 4.54. The lowest BCUT2D eigenvalue weighted by Gasteiger charge is -2.16. The zero-order chi connectivity index (χ0) is 24.9. The number of likely N-dealkylation sites (tertiary alicyclic amines) is 1. The van der Waals surface area contributed by atoms with Gasteiger partial charge in [-0.1, -0.05) is 12.1 Å². The maximum Gasteiger partial charge on any atom is 0.244 e. The third-order valence-corrected chi connectivity index (χ3v) is 6.34. The molecule has 0 unspecified atom stereocenters. The Morgan fingerprint density at radius 1 is 1.29 bits per heavy atom. The topological polar surface area (TPSA) is 71.8 Å². The van der Waals surface area contributed by atoms with Gasteiger partial charge < -0.3 is 19.4 Å². The van der Waals surface area contributed by atoms with Crippen molar-refractivity contribution in [2.75, 3.05) is 26.2 Å². The quantitative estimate of drug-likeness (QED) is 0.327. The summed E-state index contributed by atoms with van der Waals surface area (Å²) >= 11 is 0. The van der Waals surface area contributed by atoms with Gasteiger partial charge in [-0.05, 0) is 62.9 Å². The van der Waals surface area contributed by atoms with Gasteiger partial charge in [0.05, 0.1) is 12.9 Å². The highest BCUT2D eigenvalue weighted by atomic mass is 19.1. The second-order valence-corrected chi connectivity index (χ2v) is 8.80. The molecule has 0 aliphatic carbocycles. The van der Waals surface area contributed by atoms with Gasteiger partial charge in [-0.25, -0.2) is 4.39 Å². The van der Waals surface area contributed by atoms with Crippen molar-refractivity contribution in [3.05, 3.63) is 59.6 Å². The van der Waals surface area contributed by atoms with Gasteiger partial charge in [0, 0.05) is 54.2 Å². The van der Waals surface area contributed by atoms with E-state index in [1.807, 2.05) is 31.7 Å². The van der Waals surface area contributed by atoms with Crippen LogP contribution in [-0.4, -0.2) is 43.0 Å². The first kappa shape index (κ1) is 24.5. The van der Waals surface area contributed by atoms with E-state index < -0.39 is 0 Å². The number of hydrogen-bond donors (Lipinski definition) is 1. The van der Waals surface area contributed by atoms with Crippen molar-refractivity contribution in [1.82, 2.24) is 10.2 Å². The molecule has 184 valence electrons. The van der Waals surface area contributed by atoms with Crippen LogP contribution in [0, 0.1) is 12.7 Å². The summed E-state index contributed by atoms with van der Waals surface area (Å²) in [7, 11) is 0. The van der Waals surface area contributed by atoms with E-state index in [2.05, 4.69) is 5.32 Å². The first-order chi connectivity index (χ1) is 16.9. The summed E-state index contributed by atoms with van der Waals surface area (Å²) in [6.07, 6.45) is 5.50. The van der Waals surface area contributed by atoms with E-state index in [-0.39, 0.29) is 17.6 Å². The molecule has 2 heterocycles. The molecule has 1 aliphatic heterocycles. The van der Waals surface area contributed by atoms with E-state index in [9.17, 15) is 14.0 Å². The van der Waals surface area contributed by atoms with Crippen LogP contribution < -0.4 is 10.1 Å². The highest BCUT2D eigenvalue weighted by Gasteiger charge is 2.20. The number of amides is 2. The minimum atomic E-state index is -0.297. The van der Waals surface area contributed by atoms with Crippen molar-refractivity contribution in [2.24, 2.45) is 0 Å². The Kier molecular flexibility index (Phi) is 7.54. The molecule has 6 nitrogen and oxygen atoms in total. The Morgan fingerprint density at radius 2 is 2.06 bits per heavy atom. The average molecular weight is 479 g/mol. The minimum Gasteiger partial charge on any atom is -0.493 e. The standard InChI is InChI=1S/C28H31FN2O4/c1-4-34-27-19(3)28-23(24(17-35-28)20-8-10-21(29)11-9-20)16-22(27)18(2)15-25(32)30-12-6-14-31-13-5-7-26(31)33/h8-11,15-17H,4-7,12-14H2,1-3H3,(H,30,32)/b18-15+. The van der Waals surface area contributed by atoms with E-state index >= 15 is 0 Å². The highest BCUT2D eigenvalue weighted by molar-refractivity contribution is 6.01. The molecule has 0 radical (unpaired) electrons. The lowest BCUT2D eigenvalue weighted by atomic mass is 9.96. The molecule has 3 aromatic rings. The molecule has 0 atom stereocenters. The molecule has 7 heteroatoms. The summed E-state index contributed by atoms with van der Waals surface area (Å²) in [6, 6.07) is 8.25. The van der Waals surface area contributed by atoms with Crippen molar-refractivity contribution >= 4 is 28.4 Å². The van der Waals surface area contributed by atoms with Crippen molar-refractivity contribution in [3.8, 4) is 16.9 Å². The zero-order valence-electron chi connectivity index (χ0n) is 20.4. The number of hydrogen-bond acceptors (Lipinski definition) is 4. The molecule has 0 spiro atoms. The first-order valence-corrected chi connectivity index (χ1v) is 12.1. The van der Waals surface area contributed by atoms with Crippen LogP contribution in [0.25, 0.3) is 27.7 Å². The fourth-order valence-electron chi connectivity index (χ4n) is 4.54. The molecule has 1 N–H and O–H groups in total. The summed E-state index contributed by atoms with van der Waals surface area (Å²) < 4.78 is 25.3. The molecule has 1 aliphatic rings. The lowest BCUT2D eigenvalue weighted by Crippen LogP contribution is -2.30. The number of allylic oxidation sites excluding steroid dienone is 1. The largest absolute Gasteiger partial charge is 0.493 e. The Hall–Kier alpha value is -3.61. The van der Waals surface area contributed by atoms with Crippen LogP contribution in [0.1, 0.15) is 44.2 Å². The highest BCUT2D eigenvalue weighted by Crippen LogP contribution is 2.40. The lowest BCUT2D eigenvalue weighted by molar-refractivity contribution is -0.127. The van der Waals surface area contributed by atoms with E-state index in [0.717, 1.165) is 52.6 Å². The van der Waals surface area contributed by atoms with Crippen LogP contribution in [0.4, 0.5) is 4.39 Å². The number of furan rings is 1. The molecular formula is C28H31FN2O4. The van der Waals surface area contributed by atoms with Gasteiger partial charge in [-0.2, -0.15) is 0 Å². The predicted molar refractivity (Wildman–Crippen MR) is 135 cm³/mol.